The Morgan fingerprint density at radius 3 is 3.12 bits per heavy atom. The first-order valence-corrected chi connectivity index (χ1v) is 7.63. The summed E-state index contributed by atoms with van der Waals surface area (Å²) in [5, 5.41) is 3.54. The largest absolute Gasteiger partial charge is 0.367 e. The van der Waals surface area contributed by atoms with Gasteiger partial charge < -0.3 is 5.32 Å². The minimum absolute atomic E-state index is 0.494. The summed E-state index contributed by atoms with van der Waals surface area (Å²) in [6, 6.07) is 0.494. The van der Waals surface area contributed by atoms with Crippen molar-refractivity contribution in [2.45, 2.75) is 45.6 Å². The fourth-order valence-corrected chi connectivity index (χ4v) is 3.00. The molecule has 0 fully saturated rings. The lowest BCUT2D eigenvalue weighted by Crippen LogP contribution is -2.18. The molecule has 3 nitrogen and oxygen atoms in total. The number of aryl methyl sites for hydroxylation is 1. The van der Waals surface area contributed by atoms with Crippen LogP contribution in [-0.4, -0.2) is 27.5 Å². The molecular weight excluding hydrogens is 230 g/mol. The van der Waals surface area contributed by atoms with Crippen molar-refractivity contribution in [2.75, 3.05) is 16.8 Å². The number of anilines is 1. The molecule has 1 aromatic heterocycles. The number of thioether (sulfide) groups is 1. The third-order valence-electron chi connectivity index (χ3n) is 3.16. The second-order valence-electron chi connectivity index (χ2n) is 4.53. The molecule has 94 valence electrons. The molecule has 0 spiro atoms. The second-order valence-corrected chi connectivity index (χ2v) is 5.93. The van der Waals surface area contributed by atoms with Gasteiger partial charge in [-0.25, -0.2) is 9.97 Å². The molecule has 1 unspecified atom stereocenters. The lowest BCUT2D eigenvalue weighted by molar-refractivity contribution is 0.762. The van der Waals surface area contributed by atoms with Crippen LogP contribution in [0, 0.1) is 0 Å². The van der Waals surface area contributed by atoms with Gasteiger partial charge in [-0.05, 0) is 44.1 Å². The smallest absolute Gasteiger partial charge is 0.133 e. The first-order valence-electron chi connectivity index (χ1n) is 6.48. The van der Waals surface area contributed by atoms with E-state index in [1.165, 1.54) is 35.6 Å². The highest BCUT2D eigenvalue weighted by molar-refractivity contribution is 7.99. The van der Waals surface area contributed by atoms with E-state index in [-0.39, 0.29) is 0 Å². The topological polar surface area (TPSA) is 37.8 Å². The summed E-state index contributed by atoms with van der Waals surface area (Å²) in [6.07, 6.45) is 6.36. The molecule has 0 saturated carbocycles. The number of hydrogen-bond donors (Lipinski definition) is 1. The summed E-state index contributed by atoms with van der Waals surface area (Å²) in [5.41, 5.74) is 2.60. The van der Waals surface area contributed by atoms with Gasteiger partial charge in [0, 0.05) is 17.3 Å². The molecule has 0 aromatic carbocycles. The van der Waals surface area contributed by atoms with Gasteiger partial charge in [-0.1, -0.05) is 6.92 Å². The van der Waals surface area contributed by atoms with Gasteiger partial charge in [0.2, 0.25) is 0 Å². The van der Waals surface area contributed by atoms with E-state index in [0.29, 0.717) is 6.04 Å². The van der Waals surface area contributed by atoms with Crippen LogP contribution >= 0.6 is 11.8 Å². The number of nitrogens with one attached hydrogen (secondary N) is 1. The van der Waals surface area contributed by atoms with Crippen molar-refractivity contribution in [1.82, 2.24) is 9.97 Å². The van der Waals surface area contributed by atoms with E-state index in [1.807, 2.05) is 11.8 Å². The van der Waals surface area contributed by atoms with Crippen LogP contribution in [0.25, 0.3) is 0 Å². The molecule has 0 radical (unpaired) electrons. The normalized spacial score (nSPS) is 15.6. The van der Waals surface area contributed by atoms with Crippen LogP contribution in [0.1, 0.15) is 37.9 Å². The maximum atomic E-state index is 4.39. The molecule has 1 aromatic rings. The summed E-state index contributed by atoms with van der Waals surface area (Å²) in [5.74, 6) is 3.50. The maximum absolute atomic E-state index is 4.39. The fourth-order valence-electron chi connectivity index (χ4n) is 2.19. The van der Waals surface area contributed by atoms with Gasteiger partial charge in [0.1, 0.15) is 12.1 Å². The highest BCUT2D eigenvalue weighted by Gasteiger charge is 2.17. The van der Waals surface area contributed by atoms with E-state index in [9.17, 15) is 0 Å². The highest BCUT2D eigenvalue weighted by atomic mass is 32.2. The molecule has 1 heterocycles. The summed E-state index contributed by atoms with van der Waals surface area (Å²) in [7, 11) is 0. The minimum Gasteiger partial charge on any atom is -0.367 e. The van der Waals surface area contributed by atoms with Gasteiger partial charge in [-0.2, -0.15) is 11.8 Å². The number of aromatic nitrogens is 2. The predicted octanol–water partition coefficient (Wildman–Crippen LogP) is 2.91. The summed E-state index contributed by atoms with van der Waals surface area (Å²) in [6.45, 7) is 4.44. The molecule has 1 atom stereocenters. The zero-order valence-electron chi connectivity index (χ0n) is 10.7. The van der Waals surface area contributed by atoms with Crippen LogP contribution in [0.2, 0.25) is 0 Å². The van der Waals surface area contributed by atoms with E-state index in [4.69, 9.17) is 0 Å². The van der Waals surface area contributed by atoms with Gasteiger partial charge in [0.05, 0.1) is 0 Å². The Labute approximate surface area is 108 Å². The molecule has 1 aliphatic carbocycles. The van der Waals surface area contributed by atoms with E-state index in [0.717, 1.165) is 18.7 Å². The molecule has 1 N–H and O–H groups in total. The Morgan fingerprint density at radius 1 is 1.41 bits per heavy atom. The zero-order valence-corrected chi connectivity index (χ0v) is 11.5. The molecule has 17 heavy (non-hydrogen) atoms. The van der Waals surface area contributed by atoms with Crippen LogP contribution in [0.3, 0.4) is 0 Å². The van der Waals surface area contributed by atoms with Gasteiger partial charge in [-0.15, -0.1) is 0 Å². The van der Waals surface area contributed by atoms with Crippen LogP contribution < -0.4 is 5.32 Å². The van der Waals surface area contributed by atoms with Crippen LogP contribution in [0.4, 0.5) is 5.82 Å². The Kier molecular flexibility index (Phi) is 4.66. The SMILES string of the molecule is CCSCCC(C)Nc1ncnc2c1CCC2. The predicted molar refractivity (Wildman–Crippen MR) is 74.8 cm³/mol. The van der Waals surface area contributed by atoms with Crippen molar-refractivity contribution in [3.05, 3.63) is 17.6 Å². The molecule has 1 aliphatic rings. The van der Waals surface area contributed by atoms with Gasteiger partial charge in [0.15, 0.2) is 0 Å². The van der Waals surface area contributed by atoms with Crippen LogP contribution in [0.15, 0.2) is 6.33 Å². The van der Waals surface area contributed by atoms with E-state index in [2.05, 4.69) is 29.1 Å². The van der Waals surface area contributed by atoms with Gasteiger partial charge in [-0.3, -0.25) is 0 Å². The van der Waals surface area contributed by atoms with Crippen molar-refractivity contribution in [3.63, 3.8) is 0 Å². The zero-order chi connectivity index (χ0) is 12.1. The lowest BCUT2D eigenvalue weighted by atomic mass is 10.2. The average molecular weight is 251 g/mol. The van der Waals surface area contributed by atoms with Crippen LogP contribution in [0.5, 0.6) is 0 Å². The van der Waals surface area contributed by atoms with E-state index >= 15 is 0 Å². The van der Waals surface area contributed by atoms with Gasteiger partial charge >= 0.3 is 0 Å². The van der Waals surface area contributed by atoms with Crippen molar-refractivity contribution >= 4 is 17.6 Å². The van der Waals surface area contributed by atoms with Crippen molar-refractivity contribution in [1.29, 1.82) is 0 Å². The highest BCUT2D eigenvalue weighted by Crippen LogP contribution is 2.25. The van der Waals surface area contributed by atoms with Crippen molar-refractivity contribution in [2.24, 2.45) is 0 Å². The molecule has 0 bridgehead atoms. The van der Waals surface area contributed by atoms with E-state index < -0.39 is 0 Å². The minimum atomic E-state index is 0.494. The number of hydrogen-bond acceptors (Lipinski definition) is 4. The third kappa shape index (κ3) is 3.35. The van der Waals surface area contributed by atoms with E-state index in [1.54, 1.807) is 6.33 Å². The first kappa shape index (κ1) is 12.7. The second kappa shape index (κ2) is 6.24. The Balaban J connectivity index is 1.92. The van der Waals surface area contributed by atoms with Crippen molar-refractivity contribution in [3.8, 4) is 0 Å². The maximum Gasteiger partial charge on any atom is 0.133 e. The molecule has 4 heteroatoms. The molecular formula is C13H21N3S. The Bertz CT molecular complexity index is 368. The fraction of sp³-hybridized carbons (Fsp3) is 0.692. The average Bonchev–Trinajstić information content (AvgIpc) is 2.78. The molecule has 0 saturated heterocycles. The van der Waals surface area contributed by atoms with Crippen LogP contribution in [-0.2, 0) is 12.8 Å². The molecule has 2 rings (SSSR count). The van der Waals surface area contributed by atoms with Crippen molar-refractivity contribution < 1.29 is 0 Å². The summed E-state index contributed by atoms with van der Waals surface area (Å²) in [4.78, 5) is 8.74. The molecule has 0 aliphatic heterocycles. The Morgan fingerprint density at radius 2 is 2.29 bits per heavy atom. The standard InChI is InChI=1S/C13H21N3S/c1-3-17-8-7-10(2)16-13-11-5-4-6-12(11)14-9-15-13/h9-10H,3-8H2,1-2H3,(H,14,15,16). The summed E-state index contributed by atoms with van der Waals surface area (Å²) >= 11 is 2.00. The number of rotatable bonds is 6. The monoisotopic (exact) mass is 251 g/mol. The summed E-state index contributed by atoms with van der Waals surface area (Å²) < 4.78 is 0. The number of nitrogens with zero attached hydrogens (tertiary/aromatic N) is 2. The Hall–Kier alpha value is -0.770. The third-order valence-corrected chi connectivity index (χ3v) is 4.09. The quantitative estimate of drug-likeness (QED) is 0.789. The lowest BCUT2D eigenvalue weighted by Gasteiger charge is -2.16. The molecule has 0 amide bonds. The number of fused-ring (bicyclic) bond motifs is 1. The van der Waals surface area contributed by atoms with Gasteiger partial charge in [0.25, 0.3) is 0 Å². The first-order chi connectivity index (χ1) is 8.31.